The van der Waals surface area contributed by atoms with Crippen LogP contribution in [0.25, 0.3) is 0 Å². The summed E-state index contributed by atoms with van der Waals surface area (Å²) in [6.07, 6.45) is 4.93. The number of rotatable bonds is 4. The molecule has 0 saturated carbocycles. The van der Waals surface area contributed by atoms with Crippen LogP contribution in [0, 0.1) is 12.8 Å². The van der Waals surface area contributed by atoms with Crippen LogP contribution in [0.4, 0.5) is 5.88 Å². The predicted octanol–water partition coefficient (Wildman–Crippen LogP) is 2.90. The van der Waals surface area contributed by atoms with E-state index in [-0.39, 0.29) is 11.8 Å². The first-order valence-corrected chi connectivity index (χ1v) is 11.2. The summed E-state index contributed by atoms with van der Waals surface area (Å²) in [6, 6.07) is 6.86. The zero-order valence-electron chi connectivity index (χ0n) is 16.0. The quantitative estimate of drug-likeness (QED) is 0.847. The Balaban J connectivity index is 1.38. The summed E-state index contributed by atoms with van der Waals surface area (Å²) in [7, 11) is -3.52. The second-order valence-electron chi connectivity index (χ2n) is 7.62. The largest absolute Gasteiger partial charge is 0.338 e. The van der Waals surface area contributed by atoms with Crippen LogP contribution < -0.4 is 5.32 Å². The first-order valence-electron chi connectivity index (χ1n) is 9.80. The van der Waals surface area contributed by atoms with Crippen LogP contribution in [-0.4, -0.2) is 36.9 Å². The molecule has 0 radical (unpaired) electrons. The lowest BCUT2D eigenvalue weighted by molar-refractivity contribution is -0.121. The number of piperidine rings is 1. The molecular weight excluding hydrogens is 378 g/mol. The lowest BCUT2D eigenvalue weighted by Crippen LogP contribution is -2.41. The molecule has 1 amide bonds. The SMILES string of the molecule is Cc1ccc(S(=O)(=O)N2CCC(C(=O)Nc3onc4c3CCCC4)CC2)cc1. The van der Waals surface area contributed by atoms with Gasteiger partial charge in [0.2, 0.25) is 21.8 Å². The topological polar surface area (TPSA) is 92.5 Å². The van der Waals surface area contributed by atoms with Crippen molar-refractivity contribution in [1.29, 1.82) is 0 Å². The van der Waals surface area contributed by atoms with E-state index in [1.54, 1.807) is 24.3 Å². The normalized spacial score (nSPS) is 18.6. The van der Waals surface area contributed by atoms with Crippen LogP contribution in [0.2, 0.25) is 0 Å². The molecule has 0 atom stereocenters. The molecule has 2 aromatic rings. The number of carbonyl (C=O) groups excluding carboxylic acids is 1. The second kappa shape index (κ2) is 7.67. The standard InChI is InChI=1S/C20H25N3O4S/c1-14-6-8-16(9-7-14)28(25,26)23-12-10-15(11-13-23)19(24)21-20-17-4-2-3-5-18(17)22-27-20/h6-9,15H,2-5,10-13H2,1H3,(H,21,24). The Morgan fingerprint density at radius 2 is 1.82 bits per heavy atom. The average Bonchev–Trinajstić information content (AvgIpc) is 3.11. The molecule has 0 spiro atoms. The van der Waals surface area contributed by atoms with E-state index >= 15 is 0 Å². The molecule has 1 fully saturated rings. The molecule has 1 saturated heterocycles. The van der Waals surface area contributed by atoms with E-state index in [4.69, 9.17) is 4.52 Å². The highest BCUT2D eigenvalue weighted by Gasteiger charge is 2.33. The highest BCUT2D eigenvalue weighted by atomic mass is 32.2. The molecule has 2 heterocycles. The molecule has 4 rings (SSSR count). The Morgan fingerprint density at radius 1 is 1.14 bits per heavy atom. The van der Waals surface area contributed by atoms with E-state index in [0.717, 1.165) is 42.5 Å². The van der Waals surface area contributed by atoms with E-state index in [2.05, 4.69) is 10.5 Å². The Bertz CT molecular complexity index is 958. The van der Waals surface area contributed by atoms with Crippen LogP contribution >= 0.6 is 0 Å². The maximum absolute atomic E-state index is 12.8. The number of aromatic nitrogens is 1. The van der Waals surface area contributed by atoms with E-state index in [9.17, 15) is 13.2 Å². The summed E-state index contributed by atoms with van der Waals surface area (Å²) >= 11 is 0. The third kappa shape index (κ3) is 3.71. The van der Waals surface area contributed by atoms with Crippen molar-refractivity contribution >= 4 is 21.8 Å². The molecule has 0 bridgehead atoms. The molecule has 0 unspecified atom stereocenters. The molecule has 1 aliphatic heterocycles. The summed E-state index contributed by atoms with van der Waals surface area (Å²) in [5, 5.41) is 6.94. The van der Waals surface area contributed by atoms with Crippen LogP contribution in [-0.2, 0) is 27.7 Å². The highest BCUT2D eigenvalue weighted by Crippen LogP contribution is 2.29. The molecule has 28 heavy (non-hydrogen) atoms. The van der Waals surface area contributed by atoms with Crippen molar-refractivity contribution in [2.24, 2.45) is 5.92 Å². The van der Waals surface area contributed by atoms with Crippen LogP contribution in [0.1, 0.15) is 42.5 Å². The number of anilines is 1. The maximum atomic E-state index is 12.8. The minimum absolute atomic E-state index is 0.114. The number of sulfonamides is 1. The molecule has 150 valence electrons. The predicted molar refractivity (Wildman–Crippen MR) is 104 cm³/mol. The van der Waals surface area contributed by atoms with E-state index in [1.165, 1.54) is 4.31 Å². The molecule has 2 aliphatic rings. The monoisotopic (exact) mass is 403 g/mol. The first kappa shape index (κ1) is 19.1. The van der Waals surface area contributed by atoms with Gasteiger partial charge < -0.3 is 4.52 Å². The third-order valence-electron chi connectivity index (χ3n) is 5.68. The zero-order chi connectivity index (χ0) is 19.7. The molecule has 8 heteroatoms. The Kier molecular flexibility index (Phi) is 5.25. The van der Waals surface area contributed by atoms with Crippen molar-refractivity contribution in [3.05, 3.63) is 41.1 Å². The molecule has 1 aromatic carbocycles. The van der Waals surface area contributed by atoms with Gasteiger partial charge >= 0.3 is 0 Å². The number of fused-ring (bicyclic) bond motifs is 1. The fourth-order valence-corrected chi connectivity index (χ4v) is 5.39. The zero-order valence-corrected chi connectivity index (χ0v) is 16.8. The van der Waals surface area contributed by atoms with E-state index < -0.39 is 10.0 Å². The lowest BCUT2D eigenvalue weighted by atomic mass is 9.96. The van der Waals surface area contributed by atoms with E-state index in [0.29, 0.717) is 36.7 Å². The van der Waals surface area contributed by atoms with Crippen molar-refractivity contribution in [2.75, 3.05) is 18.4 Å². The number of amides is 1. The highest BCUT2D eigenvalue weighted by molar-refractivity contribution is 7.89. The molecule has 1 N–H and O–H groups in total. The van der Waals surface area contributed by atoms with Gasteiger partial charge in [0.25, 0.3) is 0 Å². The van der Waals surface area contributed by atoms with Crippen LogP contribution in [0.15, 0.2) is 33.7 Å². The fourth-order valence-electron chi connectivity index (χ4n) is 3.92. The van der Waals surface area contributed by atoms with Gasteiger partial charge in [-0.05, 0) is 57.6 Å². The third-order valence-corrected chi connectivity index (χ3v) is 7.59. The first-order chi connectivity index (χ1) is 13.4. The van der Waals surface area contributed by atoms with Crippen molar-refractivity contribution in [1.82, 2.24) is 9.46 Å². The minimum Gasteiger partial charge on any atom is -0.338 e. The van der Waals surface area contributed by atoms with Gasteiger partial charge in [-0.2, -0.15) is 4.31 Å². The van der Waals surface area contributed by atoms with E-state index in [1.807, 2.05) is 6.92 Å². The molecular formula is C20H25N3O4S. The van der Waals surface area contributed by atoms with Gasteiger partial charge in [0, 0.05) is 24.6 Å². The number of benzene rings is 1. The molecule has 1 aromatic heterocycles. The Labute approximate surface area is 165 Å². The van der Waals surface area contributed by atoms with Gasteiger partial charge in [0.15, 0.2) is 0 Å². The summed E-state index contributed by atoms with van der Waals surface area (Å²) in [4.78, 5) is 12.9. The molecule has 7 nitrogen and oxygen atoms in total. The number of nitrogens with one attached hydrogen (secondary N) is 1. The van der Waals surface area contributed by atoms with Crippen LogP contribution in [0.3, 0.4) is 0 Å². The number of nitrogens with zero attached hydrogens (tertiary/aromatic N) is 2. The summed E-state index contributed by atoms with van der Waals surface area (Å²) in [5.41, 5.74) is 2.98. The van der Waals surface area contributed by atoms with Gasteiger partial charge in [-0.3, -0.25) is 10.1 Å². The van der Waals surface area contributed by atoms with Gasteiger partial charge in [-0.15, -0.1) is 0 Å². The summed E-state index contributed by atoms with van der Waals surface area (Å²) in [5.74, 6) is 0.125. The van der Waals surface area contributed by atoms with Crippen molar-refractivity contribution < 1.29 is 17.7 Å². The van der Waals surface area contributed by atoms with Gasteiger partial charge in [0.1, 0.15) is 0 Å². The molecule has 1 aliphatic carbocycles. The summed E-state index contributed by atoms with van der Waals surface area (Å²) < 4.78 is 32.4. The fraction of sp³-hybridized carbons (Fsp3) is 0.500. The smallest absolute Gasteiger partial charge is 0.243 e. The van der Waals surface area contributed by atoms with Crippen LogP contribution in [0.5, 0.6) is 0 Å². The maximum Gasteiger partial charge on any atom is 0.243 e. The van der Waals surface area contributed by atoms with Gasteiger partial charge in [-0.1, -0.05) is 22.9 Å². The number of carbonyl (C=O) groups is 1. The summed E-state index contributed by atoms with van der Waals surface area (Å²) in [6.45, 7) is 2.60. The lowest BCUT2D eigenvalue weighted by Gasteiger charge is -2.30. The Morgan fingerprint density at radius 3 is 2.54 bits per heavy atom. The Hall–Kier alpha value is -2.19. The minimum atomic E-state index is -3.52. The van der Waals surface area contributed by atoms with Crippen molar-refractivity contribution in [3.8, 4) is 0 Å². The van der Waals surface area contributed by atoms with Crippen molar-refractivity contribution in [3.63, 3.8) is 0 Å². The van der Waals surface area contributed by atoms with Gasteiger partial charge in [0.05, 0.1) is 10.6 Å². The number of aryl methyl sites for hydroxylation is 2. The number of hydrogen-bond acceptors (Lipinski definition) is 5. The second-order valence-corrected chi connectivity index (χ2v) is 9.56. The van der Waals surface area contributed by atoms with Gasteiger partial charge in [-0.25, -0.2) is 8.42 Å². The van der Waals surface area contributed by atoms with Crippen molar-refractivity contribution in [2.45, 2.75) is 50.3 Å². The number of hydrogen-bond donors (Lipinski definition) is 1. The average molecular weight is 404 g/mol.